The molecule has 0 aromatic carbocycles. The highest BCUT2D eigenvalue weighted by atomic mass is 16.5. The number of carbonyl (C=O) groups excluding carboxylic acids is 2. The first-order valence-corrected chi connectivity index (χ1v) is 25.5. The minimum atomic E-state index is -0.799. The van der Waals surface area contributed by atoms with E-state index < -0.39 is 18.2 Å². The molecule has 6 heteroatoms. The third-order valence-corrected chi connectivity index (χ3v) is 11.4. The van der Waals surface area contributed by atoms with Crippen LogP contribution in [0.5, 0.6) is 0 Å². The van der Waals surface area contributed by atoms with Crippen molar-refractivity contribution in [1.29, 1.82) is 0 Å². The lowest BCUT2D eigenvalue weighted by Gasteiger charge is -2.24. The van der Waals surface area contributed by atoms with E-state index in [0.717, 1.165) is 103 Å². The van der Waals surface area contributed by atoms with Crippen LogP contribution >= 0.6 is 0 Å². The number of aliphatic hydroxyl groups is 2. The van der Waals surface area contributed by atoms with Crippen molar-refractivity contribution >= 4 is 11.9 Å². The standard InChI is InChI=1S/C54H97NO5/c1-4-7-10-13-16-19-22-24-26-27-28-31-33-36-39-42-45-50(60-54(59)47-44-41-38-35-32-29-25-23-20-17-14-11-8-5-2)48-53(58)55-51(49-56)52(57)46-43-40-37-34-30-21-18-15-12-9-6-3/h8,11,17,20,25-29,31,50-52,56-57H,4-7,9-10,12-16,18-19,21-24,30,32-49H2,1-3H3,(H,55,58)/b11-8+,20-17+,27-26+,29-25+,31-28+. The minimum absolute atomic E-state index is 0.0494. The molecule has 3 atom stereocenters. The maximum Gasteiger partial charge on any atom is 0.306 e. The molecule has 0 saturated heterocycles. The lowest BCUT2D eigenvalue weighted by atomic mass is 10.0. The third kappa shape index (κ3) is 42.3. The summed E-state index contributed by atoms with van der Waals surface area (Å²) in [5.74, 6) is -0.525. The molecule has 0 rings (SSSR count). The fourth-order valence-corrected chi connectivity index (χ4v) is 7.49. The van der Waals surface area contributed by atoms with E-state index in [1.165, 1.54) is 96.3 Å². The van der Waals surface area contributed by atoms with E-state index >= 15 is 0 Å². The predicted octanol–water partition coefficient (Wildman–Crippen LogP) is 15.2. The van der Waals surface area contributed by atoms with Crippen LogP contribution in [0.15, 0.2) is 60.8 Å². The van der Waals surface area contributed by atoms with Crippen LogP contribution in [0.25, 0.3) is 0 Å². The van der Waals surface area contributed by atoms with Gasteiger partial charge in [0.25, 0.3) is 0 Å². The molecular formula is C54H97NO5. The van der Waals surface area contributed by atoms with Crippen LogP contribution in [0.2, 0.25) is 0 Å². The van der Waals surface area contributed by atoms with Gasteiger partial charge in [0.05, 0.1) is 25.2 Å². The molecule has 60 heavy (non-hydrogen) atoms. The Bertz CT molecular complexity index is 1080. The zero-order valence-corrected chi connectivity index (χ0v) is 39.6. The smallest absolute Gasteiger partial charge is 0.306 e. The third-order valence-electron chi connectivity index (χ3n) is 11.4. The number of nitrogens with one attached hydrogen (secondary N) is 1. The predicted molar refractivity (Wildman–Crippen MR) is 259 cm³/mol. The topological polar surface area (TPSA) is 95.9 Å². The first-order valence-electron chi connectivity index (χ1n) is 25.5. The Hall–Kier alpha value is -2.44. The summed E-state index contributed by atoms with van der Waals surface area (Å²) in [7, 11) is 0. The molecule has 0 aromatic heterocycles. The van der Waals surface area contributed by atoms with Gasteiger partial charge in [0.2, 0.25) is 5.91 Å². The van der Waals surface area contributed by atoms with Crippen molar-refractivity contribution in [3.8, 4) is 0 Å². The van der Waals surface area contributed by atoms with Crippen LogP contribution in [0, 0.1) is 0 Å². The summed E-state index contributed by atoms with van der Waals surface area (Å²) in [6, 6.07) is -0.715. The highest BCUT2D eigenvalue weighted by Crippen LogP contribution is 2.17. The number of esters is 1. The van der Waals surface area contributed by atoms with Crippen molar-refractivity contribution in [3.05, 3.63) is 60.8 Å². The number of carbonyl (C=O) groups is 2. The number of rotatable bonds is 45. The van der Waals surface area contributed by atoms with E-state index in [1.54, 1.807) is 0 Å². The van der Waals surface area contributed by atoms with Crippen molar-refractivity contribution in [2.45, 2.75) is 264 Å². The molecule has 0 aliphatic rings. The van der Waals surface area contributed by atoms with Crippen LogP contribution < -0.4 is 5.32 Å². The average Bonchev–Trinajstić information content (AvgIpc) is 3.24. The van der Waals surface area contributed by atoms with Crippen molar-refractivity contribution in [1.82, 2.24) is 5.32 Å². The van der Waals surface area contributed by atoms with Crippen LogP contribution in [-0.2, 0) is 14.3 Å². The molecule has 348 valence electrons. The van der Waals surface area contributed by atoms with Gasteiger partial charge in [-0.15, -0.1) is 0 Å². The van der Waals surface area contributed by atoms with Gasteiger partial charge in [-0.1, -0.05) is 210 Å². The van der Waals surface area contributed by atoms with Gasteiger partial charge in [0.1, 0.15) is 6.10 Å². The molecule has 0 radical (unpaired) electrons. The lowest BCUT2D eigenvalue weighted by molar-refractivity contribution is -0.151. The number of hydrogen-bond acceptors (Lipinski definition) is 5. The zero-order valence-electron chi connectivity index (χ0n) is 39.6. The molecule has 0 heterocycles. The van der Waals surface area contributed by atoms with Gasteiger partial charge in [0, 0.05) is 6.42 Å². The number of amides is 1. The summed E-state index contributed by atoms with van der Waals surface area (Å²) < 4.78 is 5.91. The number of unbranched alkanes of at least 4 members (excludes halogenated alkanes) is 24. The number of hydrogen-bond donors (Lipinski definition) is 3. The van der Waals surface area contributed by atoms with E-state index in [9.17, 15) is 19.8 Å². The molecule has 0 spiro atoms. The summed E-state index contributed by atoms with van der Waals surface area (Å²) in [5, 5.41) is 23.7. The van der Waals surface area contributed by atoms with Gasteiger partial charge in [-0.25, -0.2) is 0 Å². The van der Waals surface area contributed by atoms with Gasteiger partial charge in [-0.3, -0.25) is 9.59 Å². The first-order chi connectivity index (χ1) is 29.5. The molecule has 0 aliphatic heterocycles. The molecule has 0 saturated carbocycles. The van der Waals surface area contributed by atoms with Gasteiger partial charge < -0.3 is 20.3 Å². The largest absolute Gasteiger partial charge is 0.462 e. The van der Waals surface area contributed by atoms with E-state index in [-0.39, 0.29) is 24.9 Å². The molecule has 0 bridgehead atoms. The fourth-order valence-electron chi connectivity index (χ4n) is 7.49. The highest BCUT2D eigenvalue weighted by molar-refractivity contribution is 5.77. The second kappa shape index (κ2) is 47.6. The molecular weight excluding hydrogens is 743 g/mol. The second-order valence-corrected chi connectivity index (χ2v) is 17.2. The number of aliphatic hydroxyl groups excluding tert-OH is 2. The van der Waals surface area contributed by atoms with Gasteiger partial charge >= 0.3 is 5.97 Å². The average molecular weight is 840 g/mol. The maximum absolute atomic E-state index is 13.2. The van der Waals surface area contributed by atoms with E-state index in [4.69, 9.17) is 4.74 Å². The monoisotopic (exact) mass is 840 g/mol. The Balaban J connectivity index is 4.69. The zero-order chi connectivity index (χ0) is 43.8. The normalized spacial score (nSPS) is 13.8. The van der Waals surface area contributed by atoms with Crippen molar-refractivity contribution < 1.29 is 24.5 Å². The van der Waals surface area contributed by atoms with Gasteiger partial charge in [0.15, 0.2) is 0 Å². The Morgan fingerprint density at radius 3 is 1.48 bits per heavy atom. The Kier molecular flexibility index (Phi) is 45.7. The molecule has 0 fully saturated rings. The van der Waals surface area contributed by atoms with Crippen molar-refractivity contribution in [3.63, 3.8) is 0 Å². The van der Waals surface area contributed by atoms with Crippen molar-refractivity contribution in [2.75, 3.05) is 6.61 Å². The summed E-state index contributed by atoms with van der Waals surface area (Å²) in [6.45, 7) is 6.35. The van der Waals surface area contributed by atoms with Gasteiger partial charge in [-0.05, 0) is 83.5 Å². The van der Waals surface area contributed by atoms with E-state index in [1.807, 2.05) is 0 Å². The summed E-state index contributed by atoms with van der Waals surface area (Å²) >= 11 is 0. The molecule has 0 aromatic rings. The minimum Gasteiger partial charge on any atom is -0.462 e. The highest BCUT2D eigenvalue weighted by Gasteiger charge is 2.24. The quantitative estimate of drug-likeness (QED) is 0.0246. The molecule has 1 amide bonds. The SMILES string of the molecule is CC/C=C/C/C=C/C/C=C/CCCCCCC(=O)OC(CCCCC/C=C/C=C/CCCCCCCCC)CC(=O)NC(CO)C(O)CCCCCCCCCCCCC. The van der Waals surface area contributed by atoms with Crippen LogP contribution in [0.3, 0.4) is 0 Å². The summed E-state index contributed by atoms with van der Waals surface area (Å²) in [6.07, 6.45) is 58.5. The molecule has 0 aliphatic carbocycles. The fraction of sp³-hybridized carbons (Fsp3) is 0.778. The first kappa shape index (κ1) is 57.6. The Morgan fingerprint density at radius 2 is 0.950 bits per heavy atom. The Morgan fingerprint density at radius 1 is 0.517 bits per heavy atom. The number of allylic oxidation sites excluding steroid dienone is 10. The molecule has 6 nitrogen and oxygen atoms in total. The molecule has 3 unspecified atom stereocenters. The van der Waals surface area contributed by atoms with Crippen LogP contribution in [0.1, 0.15) is 245 Å². The summed E-state index contributed by atoms with van der Waals surface area (Å²) in [4.78, 5) is 26.1. The maximum atomic E-state index is 13.2. The van der Waals surface area contributed by atoms with E-state index in [2.05, 4.69) is 86.8 Å². The Labute approximate surface area is 371 Å². The number of ether oxygens (including phenoxy) is 1. The van der Waals surface area contributed by atoms with Crippen LogP contribution in [-0.4, -0.2) is 46.9 Å². The van der Waals surface area contributed by atoms with Gasteiger partial charge in [-0.2, -0.15) is 0 Å². The second-order valence-electron chi connectivity index (χ2n) is 17.2. The summed E-state index contributed by atoms with van der Waals surface area (Å²) in [5.41, 5.74) is 0. The van der Waals surface area contributed by atoms with E-state index in [0.29, 0.717) is 19.3 Å². The lowest BCUT2D eigenvalue weighted by Crippen LogP contribution is -2.46. The van der Waals surface area contributed by atoms with Crippen molar-refractivity contribution in [2.24, 2.45) is 0 Å². The van der Waals surface area contributed by atoms with Crippen LogP contribution in [0.4, 0.5) is 0 Å². The molecule has 3 N–H and O–H groups in total.